The molecule has 178 valence electrons. The molecule has 0 saturated carbocycles. The van der Waals surface area contributed by atoms with Gasteiger partial charge in [-0.15, -0.1) is 0 Å². The van der Waals surface area contributed by atoms with Crippen molar-refractivity contribution in [3.05, 3.63) is 64.1 Å². The van der Waals surface area contributed by atoms with Crippen LogP contribution in [-0.4, -0.2) is 67.7 Å². The number of nitrogens with zero attached hydrogens (tertiary/aromatic N) is 2. The number of carbonyl (C=O) groups excluding carboxylic acids is 2. The number of amides is 3. The summed E-state index contributed by atoms with van der Waals surface area (Å²) in [6.45, 7) is 6.76. The van der Waals surface area contributed by atoms with Crippen molar-refractivity contribution >= 4 is 40.8 Å². The monoisotopic (exact) mass is 492 g/mol. The standard InChI is InChI=1S/C24H30Cl2N4O3/c1-18(19-6-3-2-4-7-19)30(24(32)28-21-9-5-8-20(25)23(21)26)12-10-22(31)27-11-13-29-14-16-33-17-15-29/h2-9,18H,10-17H2,1H3,(H,27,31)(H,28,32). The molecule has 2 aromatic carbocycles. The highest BCUT2D eigenvalue weighted by atomic mass is 35.5. The Morgan fingerprint density at radius 1 is 1.09 bits per heavy atom. The second kappa shape index (κ2) is 12.8. The Hall–Kier alpha value is -2.32. The highest BCUT2D eigenvalue weighted by molar-refractivity contribution is 6.43. The van der Waals surface area contributed by atoms with Crippen LogP contribution in [0.15, 0.2) is 48.5 Å². The molecule has 2 N–H and O–H groups in total. The average Bonchev–Trinajstić information content (AvgIpc) is 2.83. The van der Waals surface area contributed by atoms with Crippen LogP contribution in [0.2, 0.25) is 10.0 Å². The molecular formula is C24H30Cl2N4O3. The van der Waals surface area contributed by atoms with Gasteiger partial charge in [0.15, 0.2) is 0 Å². The maximum absolute atomic E-state index is 13.2. The lowest BCUT2D eigenvalue weighted by atomic mass is 10.1. The van der Waals surface area contributed by atoms with Crippen molar-refractivity contribution in [1.82, 2.24) is 15.1 Å². The maximum Gasteiger partial charge on any atom is 0.322 e. The van der Waals surface area contributed by atoms with Crippen molar-refractivity contribution in [3.63, 3.8) is 0 Å². The first kappa shape index (κ1) is 25.3. The normalized spacial score (nSPS) is 15.0. The number of carbonyl (C=O) groups is 2. The van der Waals surface area contributed by atoms with Crippen molar-refractivity contribution < 1.29 is 14.3 Å². The van der Waals surface area contributed by atoms with Gasteiger partial charge in [0.05, 0.1) is 35.0 Å². The third-order valence-electron chi connectivity index (χ3n) is 5.64. The van der Waals surface area contributed by atoms with E-state index in [2.05, 4.69) is 15.5 Å². The third-order valence-corrected chi connectivity index (χ3v) is 6.46. The average molecular weight is 493 g/mol. The van der Waals surface area contributed by atoms with E-state index in [1.165, 1.54) is 0 Å². The van der Waals surface area contributed by atoms with Crippen molar-refractivity contribution in [1.29, 1.82) is 0 Å². The Bertz CT molecular complexity index is 923. The fourth-order valence-electron chi connectivity index (χ4n) is 3.66. The van der Waals surface area contributed by atoms with Crippen LogP contribution < -0.4 is 10.6 Å². The molecule has 9 heteroatoms. The number of benzene rings is 2. The zero-order valence-corrected chi connectivity index (χ0v) is 20.2. The first-order chi connectivity index (χ1) is 16.0. The van der Waals surface area contributed by atoms with E-state index in [1.807, 2.05) is 37.3 Å². The van der Waals surface area contributed by atoms with Gasteiger partial charge in [-0.3, -0.25) is 9.69 Å². The predicted octanol–water partition coefficient (Wildman–Crippen LogP) is 4.43. The summed E-state index contributed by atoms with van der Waals surface area (Å²) in [5.74, 6) is -0.0953. The molecular weight excluding hydrogens is 463 g/mol. The summed E-state index contributed by atoms with van der Waals surface area (Å²) in [7, 11) is 0. The molecule has 1 saturated heterocycles. The molecule has 2 aromatic rings. The van der Waals surface area contributed by atoms with Crippen molar-refractivity contribution in [3.8, 4) is 0 Å². The van der Waals surface area contributed by atoms with Crippen molar-refractivity contribution in [2.75, 3.05) is 51.3 Å². The van der Waals surface area contributed by atoms with Crippen LogP contribution in [0.25, 0.3) is 0 Å². The molecule has 1 heterocycles. The van der Waals surface area contributed by atoms with Crippen molar-refractivity contribution in [2.45, 2.75) is 19.4 Å². The summed E-state index contributed by atoms with van der Waals surface area (Å²) in [6.07, 6.45) is 0.191. The molecule has 33 heavy (non-hydrogen) atoms. The molecule has 1 atom stereocenters. The zero-order chi connectivity index (χ0) is 23.6. The van der Waals surface area contributed by atoms with Gasteiger partial charge < -0.3 is 20.3 Å². The van der Waals surface area contributed by atoms with E-state index in [4.69, 9.17) is 27.9 Å². The van der Waals surface area contributed by atoms with Gasteiger partial charge in [-0.25, -0.2) is 4.79 Å². The molecule has 0 aliphatic carbocycles. The van der Waals surface area contributed by atoms with Gasteiger partial charge in [-0.2, -0.15) is 0 Å². The van der Waals surface area contributed by atoms with E-state index in [0.717, 1.165) is 38.4 Å². The number of ether oxygens (including phenoxy) is 1. The Morgan fingerprint density at radius 3 is 2.55 bits per heavy atom. The fraction of sp³-hybridized carbons (Fsp3) is 0.417. The molecule has 1 unspecified atom stereocenters. The van der Waals surface area contributed by atoms with Crippen LogP contribution in [-0.2, 0) is 9.53 Å². The predicted molar refractivity (Wildman–Crippen MR) is 132 cm³/mol. The van der Waals surface area contributed by atoms with E-state index in [-0.39, 0.29) is 36.0 Å². The first-order valence-electron chi connectivity index (χ1n) is 11.1. The number of hydrogen-bond acceptors (Lipinski definition) is 4. The van der Waals surface area contributed by atoms with Crippen LogP contribution in [0.4, 0.5) is 10.5 Å². The van der Waals surface area contributed by atoms with Crippen LogP contribution in [0.3, 0.4) is 0 Å². The Morgan fingerprint density at radius 2 is 1.82 bits per heavy atom. The number of nitrogens with one attached hydrogen (secondary N) is 2. The van der Waals surface area contributed by atoms with Crippen molar-refractivity contribution in [2.24, 2.45) is 0 Å². The van der Waals surface area contributed by atoms with Crippen LogP contribution in [0.5, 0.6) is 0 Å². The molecule has 0 aromatic heterocycles. The lowest BCUT2D eigenvalue weighted by Gasteiger charge is -2.30. The highest BCUT2D eigenvalue weighted by Gasteiger charge is 2.23. The van der Waals surface area contributed by atoms with Crippen LogP contribution in [0, 0.1) is 0 Å². The first-order valence-corrected chi connectivity index (χ1v) is 11.8. The van der Waals surface area contributed by atoms with Gasteiger partial charge in [-0.05, 0) is 24.6 Å². The van der Waals surface area contributed by atoms with Gasteiger partial charge in [0, 0.05) is 39.1 Å². The second-order valence-electron chi connectivity index (χ2n) is 7.87. The number of anilines is 1. The minimum absolute atomic E-state index is 0.0953. The SMILES string of the molecule is CC(c1ccccc1)N(CCC(=O)NCCN1CCOCC1)C(=O)Nc1cccc(Cl)c1Cl. The van der Waals surface area contributed by atoms with E-state index in [9.17, 15) is 9.59 Å². The highest BCUT2D eigenvalue weighted by Crippen LogP contribution is 2.30. The molecule has 1 aliphatic heterocycles. The Labute approximate surface area is 205 Å². The minimum atomic E-state index is -0.350. The van der Waals surface area contributed by atoms with Crippen LogP contribution >= 0.6 is 23.2 Å². The van der Waals surface area contributed by atoms with Gasteiger partial charge in [0.2, 0.25) is 5.91 Å². The minimum Gasteiger partial charge on any atom is -0.379 e. The van der Waals surface area contributed by atoms with E-state index in [1.54, 1.807) is 23.1 Å². The molecule has 3 amide bonds. The Balaban J connectivity index is 1.61. The zero-order valence-electron chi connectivity index (χ0n) is 18.7. The molecule has 3 rings (SSSR count). The molecule has 1 aliphatic rings. The largest absolute Gasteiger partial charge is 0.379 e. The molecule has 0 spiro atoms. The summed E-state index contributed by atoms with van der Waals surface area (Å²) in [5.41, 5.74) is 1.40. The number of morpholine rings is 1. The summed E-state index contributed by atoms with van der Waals surface area (Å²) in [6, 6.07) is 14.2. The molecule has 7 nitrogen and oxygen atoms in total. The smallest absolute Gasteiger partial charge is 0.322 e. The van der Waals surface area contributed by atoms with Gasteiger partial charge in [-0.1, -0.05) is 59.6 Å². The molecule has 1 fully saturated rings. The van der Waals surface area contributed by atoms with E-state index in [0.29, 0.717) is 17.3 Å². The molecule has 0 radical (unpaired) electrons. The third kappa shape index (κ3) is 7.61. The summed E-state index contributed by atoms with van der Waals surface area (Å²) >= 11 is 12.3. The number of urea groups is 1. The maximum atomic E-state index is 13.2. The second-order valence-corrected chi connectivity index (χ2v) is 8.65. The van der Waals surface area contributed by atoms with E-state index >= 15 is 0 Å². The topological polar surface area (TPSA) is 73.9 Å². The number of hydrogen-bond donors (Lipinski definition) is 2. The summed E-state index contributed by atoms with van der Waals surface area (Å²) in [4.78, 5) is 29.6. The fourth-order valence-corrected chi connectivity index (χ4v) is 4.01. The quantitative estimate of drug-likeness (QED) is 0.542. The lowest BCUT2D eigenvalue weighted by Crippen LogP contribution is -2.42. The molecule has 0 bridgehead atoms. The van der Waals surface area contributed by atoms with Gasteiger partial charge in [0.1, 0.15) is 0 Å². The Kier molecular flexibility index (Phi) is 9.81. The number of halogens is 2. The van der Waals surface area contributed by atoms with Gasteiger partial charge in [0.25, 0.3) is 0 Å². The van der Waals surface area contributed by atoms with E-state index < -0.39 is 0 Å². The van der Waals surface area contributed by atoms with Gasteiger partial charge >= 0.3 is 6.03 Å². The summed E-state index contributed by atoms with van der Waals surface area (Å²) < 4.78 is 5.34. The number of rotatable bonds is 9. The lowest BCUT2D eigenvalue weighted by molar-refractivity contribution is -0.121. The summed E-state index contributed by atoms with van der Waals surface area (Å²) in [5, 5.41) is 6.42. The van der Waals surface area contributed by atoms with Crippen LogP contribution in [0.1, 0.15) is 24.9 Å².